The maximum atomic E-state index is 12.4. The maximum Gasteiger partial charge on any atom is 0.342 e. The molecule has 144 valence electrons. The molecular weight excluding hydrogens is 334 g/mol. The van der Waals surface area contributed by atoms with Crippen molar-refractivity contribution in [2.75, 3.05) is 14.2 Å². The molecule has 0 saturated heterocycles. The number of methoxy groups -OCH3 is 2. The molecule has 1 amide bonds. The van der Waals surface area contributed by atoms with E-state index < -0.39 is 12.1 Å². The highest BCUT2D eigenvalue weighted by atomic mass is 16.5. The van der Waals surface area contributed by atoms with Crippen LogP contribution in [-0.2, 0) is 9.53 Å². The maximum absolute atomic E-state index is 12.4. The fourth-order valence-electron chi connectivity index (χ4n) is 3.33. The zero-order chi connectivity index (χ0) is 19.3. The highest BCUT2D eigenvalue weighted by Crippen LogP contribution is 2.29. The SMILES string of the molecule is COc1ccc(C(=O)O[C@H](C)C(=O)N[C@H]2CCC[C@H](C)[C@H]2C)c(OC)c1. The summed E-state index contributed by atoms with van der Waals surface area (Å²) in [7, 11) is 3.00. The minimum Gasteiger partial charge on any atom is -0.497 e. The van der Waals surface area contributed by atoms with Gasteiger partial charge in [-0.2, -0.15) is 0 Å². The molecule has 0 spiro atoms. The first kappa shape index (κ1) is 20.1. The second kappa shape index (κ2) is 8.92. The number of rotatable bonds is 6. The van der Waals surface area contributed by atoms with Crippen molar-refractivity contribution in [2.24, 2.45) is 11.8 Å². The Morgan fingerprint density at radius 3 is 2.54 bits per heavy atom. The number of amides is 1. The Hall–Kier alpha value is -2.24. The van der Waals surface area contributed by atoms with Gasteiger partial charge in [0.25, 0.3) is 5.91 Å². The van der Waals surface area contributed by atoms with E-state index in [0.29, 0.717) is 23.3 Å². The Morgan fingerprint density at radius 2 is 1.88 bits per heavy atom. The van der Waals surface area contributed by atoms with E-state index in [1.165, 1.54) is 20.6 Å². The third-order valence-corrected chi connectivity index (χ3v) is 5.32. The molecule has 0 unspecified atom stereocenters. The van der Waals surface area contributed by atoms with Crippen molar-refractivity contribution in [1.29, 1.82) is 0 Å². The minimum atomic E-state index is -0.876. The summed E-state index contributed by atoms with van der Waals surface area (Å²) in [5.41, 5.74) is 0.257. The van der Waals surface area contributed by atoms with Crippen molar-refractivity contribution in [2.45, 2.75) is 52.2 Å². The van der Waals surface area contributed by atoms with Crippen LogP contribution in [-0.4, -0.2) is 38.2 Å². The number of carbonyl (C=O) groups is 2. The van der Waals surface area contributed by atoms with Gasteiger partial charge in [-0.3, -0.25) is 4.79 Å². The van der Waals surface area contributed by atoms with Gasteiger partial charge in [-0.05, 0) is 37.3 Å². The largest absolute Gasteiger partial charge is 0.497 e. The quantitative estimate of drug-likeness (QED) is 0.786. The van der Waals surface area contributed by atoms with Crippen LogP contribution in [0.3, 0.4) is 0 Å². The van der Waals surface area contributed by atoms with Gasteiger partial charge in [-0.25, -0.2) is 4.79 Å². The molecule has 1 N–H and O–H groups in total. The van der Waals surface area contributed by atoms with E-state index in [-0.39, 0.29) is 17.5 Å². The van der Waals surface area contributed by atoms with Crippen LogP contribution in [0.4, 0.5) is 0 Å². The molecule has 26 heavy (non-hydrogen) atoms. The molecule has 6 heteroatoms. The standard InChI is InChI=1S/C20H29NO5/c1-12-7-6-8-17(13(12)2)21-19(22)14(3)26-20(23)16-10-9-15(24-4)11-18(16)25-5/h9-14,17H,6-8H2,1-5H3,(H,21,22)/t12-,13+,14+,17-/m0/s1. The predicted molar refractivity (Wildman–Crippen MR) is 98.5 cm³/mol. The molecule has 0 bridgehead atoms. The summed E-state index contributed by atoms with van der Waals surface area (Å²) >= 11 is 0. The van der Waals surface area contributed by atoms with E-state index in [0.717, 1.165) is 12.8 Å². The Labute approximate surface area is 155 Å². The monoisotopic (exact) mass is 363 g/mol. The molecule has 0 aliphatic heterocycles. The van der Waals surface area contributed by atoms with E-state index >= 15 is 0 Å². The average molecular weight is 363 g/mol. The molecule has 1 aromatic rings. The van der Waals surface area contributed by atoms with Crippen LogP contribution in [0.2, 0.25) is 0 Å². The van der Waals surface area contributed by atoms with Crippen LogP contribution in [0, 0.1) is 11.8 Å². The number of nitrogens with one attached hydrogen (secondary N) is 1. The van der Waals surface area contributed by atoms with Gasteiger partial charge in [0.1, 0.15) is 17.1 Å². The van der Waals surface area contributed by atoms with Crippen molar-refractivity contribution in [3.63, 3.8) is 0 Å². The number of carbonyl (C=O) groups excluding carboxylic acids is 2. The lowest BCUT2D eigenvalue weighted by Gasteiger charge is -2.35. The first-order valence-corrected chi connectivity index (χ1v) is 9.10. The topological polar surface area (TPSA) is 73.9 Å². The fraction of sp³-hybridized carbons (Fsp3) is 0.600. The number of benzene rings is 1. The second-order valence-electron chi connectivity index (χ2n) is 7.00. The molecule has 1 fully saturated rings. The molecular formula is C20H29NO5. The van der Waals surface area contributed by atoms with E-state index in [1.807, 2.05) is 0 Å². The summed E-state index contributed by atoms with van der Waals surface area (Å²) in [5, 5.41) is 3.04. The smallest absolute Gasteiger partial charge is 0.342 e. The highest BCUT2D eigenvalue weighted by Gasteiger charge is 2.30. The number of hydrogen-bond donors (Lipinski definition) is 1. The van der Waals surface area contributed by atoms with Crippen molar-refractivity contribution in [3.05, 3.63) is 23.8 Å². The van der Waals surface area contributed by atoms with Gasteiger partial charge in [-0.15, -0.1) is 0 Å². The van der Waals surface area contributed by atoms with E-state index in [4.69, 9.17) is 14.2 Å². The lowest BCUT2D eigenvalue weighted by atomic mass is 9.78. The van der Waals surface area contributed by atoms with Crippen molar-refractivity contribution in [1.82, 2.24) is 5.32 Å². The number of hydrogen-bond acceptors (Lipinski definition) is 5. The predicted octanol–water partition coefficient (Wildman–Crippen LogP) is 3.19. The average Bonchev–Trinajstić information content (AvgIpc) is 2.64. The zero-order valence-corrected chi connectivity index (χ0v) is 16.2. The van der Waals surface area contributed by atoms with E-state index in [1.54, 1.807) is 25.1 Å². The third-order valence-electron chi connectivity index (χ3n) is 5.32. The van der Waals surface area contributed by atoms with Gasteiger partial charge in [0.15, 0.2) is 6.10 Å². The fourth-order valence-corrected chi connectivity index (χ4v) is 3.33. The Morgan fingerprint density at radius 1 is 1.15 bits per heavy atom. The Kier molecular flexibility index (Phi) is 6.89. The molecule has 4 atom stereocenters. The molecule has 0 heterocycles. The summed E-state index contributed by atoms with van der Waals surface area (Å²) in [6, 6.07) is 4.94. The molecule has 1 aliphatic carbocycles. The number of esters is 1. The zero-order valence-electron chi connectivity index (χ0n) is 16.2. The molecule has 2 rings (SSSR count). The first-order chi connectivity index (χ1) is 12.4. The summed E-state index contributed by atoms with van der Waals surface area (Å²) in [6.07, 6.45) is 2.38. The van der Waals surface area contributed by atoms with Crippen LogP contribution in [0.5, 0.6) is 11.5 Å². The molecule has 0 aromatic heterocycles. The van der Waals surface area contributed by atoms with Crippen LogP contribution < -0.4 is 14.8 Å². The lowest BCUT2D eigenvalue weighted by Crippen LogP contribution is -2.47. The molecule has 1 saturated carbocycles. The third kappa shape index (κ3) is 4.68. The van der Waals surface area contributed by atoms with Gasteiger partial charge >= 0.3 is 5.97 Å². The van der Waals surface area contributed by atoms with Gasteiger partial charge in [0, 0.05) is 12.1 Å². The van der Waals surface area contributed by atoms with Crippen LogP contribution in [0.25, 0.3) is 0 Å². The Bertz CT molecular complexity index is 645. The van der Waals surface area contributed by atoms with Crippen LogP contribution >= 0.6 is 0 Å². The van der Waals surface area contributed by atoms with Gasteiger partial charge < -0.3 is 19.5 Å². The summed E-state index contributed by atoms with van der Waals surface area (Å²) < 4.78 is 15.7. The summed E-state index contributed by atoms with van der Waals surface area (Å²) in [6.45, 7) is 5.95. The Balaban J connectivity index is 1.99. The molecule has 1 aromatic carbocycles. The molecule has 6 nitrogen and oxygen atoms in total. The molecule has 1 aliphatic rings. The van der Waals surface area contributed by atoms with Gasteiger partial charge in [0.05, 0.1) is 14.2 Å². The normalized spacial score (nSPS) is 23.7. The van der Waals surface area contributed by atoms with Crippen molar-refractivity contribution < 1.29 is 23.8 Å². The van der Waals surface area contributed by atoms with Gasteiger partial charge in [0.2, 0.25) is 0 Å². The first-order valence-electron chi connectivity index (χ1n) is 9.10. The highest BCUT2D eigenvalue weighted by molar-refractivity contribution is 5.95. The molecule has 0 radical (unpaired) electrons. The minimum absolute atomic E-state index is 0.128. The van der Waals surface area contributed by atoms with E-state index in [2.05, 4.69) is 19.2 Å². The van der Waals surface area contributed by atoms with Gasteiger partial charge in [-0.1, -0.05) is 26.7 Å². The second-order valence-corrected chi connectivity index (χ2v) is 7.00. The van der Waals surface area contributed by atoms with Crippen LogP contribution in [0.1, 0.15) is 50.4 Å². The summed E-state index contributed by atoms with van der Waals surface area (Å²) in [4.78, 5) is 24.9. The van der Waals surface area contributed by atoms with Crippen LogP contribution in [0.15, 0.2) is 18.2 Å². The number of ether oxygens (including phenoxy) is 3. The van der Waals surface area contributed by atoms with Crippen molar-refractivity contribution in [3.8, 4) is 11.5 Å². The lowest BCUT2D eigenvalue weighted by molar-refractivity contribution is -0.130. The van der Waals surface area contributed by atoms with E-state index in [9.17, 15) is 9.59 Å². The van der Waals surface area contributed by atoms with Crippen molar-refractivity contribution >= 4 is 11.9 Å². The summed E-state index contributed by atoms with van der Waals surface area (Å²) in [5.74, 6) is 1.04.